The zero-order chi connectivity index (χ0) is 17.0. The first-order valence-electron chi connectivity index (χ1n) is 7.31. The molecule has 8 heteroatoms. The van der Waals surface area contributed by atoms with Crippen LogP contribution in [-0.2, 0) is 11.2 Å². The maximum atomic E-state index is 12.0. The van der Waals surface area contributed by atoms with Gasteiger partial charge >= 0.3 is 13.1 Å². The van der Waals surface area contributed by atoms with Crippen molar-refractivity contribution in [2.45, 2.75) is 38.4 Å². The molecule has 0 aliphatic carbocycles. The summed E-state index contributed by atoms with van der Waals surface area (Å²) in [6, 6.07) is 4.76. The first-order chi connectivity index (χ1) is 10.9. The summed E-state index contributed by atoms with van der Waals surface area (Å²) in [6.45, 7) is 1.62. The third kappa shape index (κ3) is 4.10. The smallest absolute Gasteiger partial charge is 0.526 e. The third-order valence-corrected chi connectivity index (χ3v) is 3.88. The molecular formula is C15H18BNO6. The molecule has 0 amide bonds. The van der Waals surface area contributed by atoms with Crippen LogP contribution in [0.15, 0.2) is 23.4 Å². The monoisotopic (exact) mass is 319 g/mol. The van der Waals surface area contributed by atoms with Crippen LogP contribution in [0.1, 0.15) is 42.1 Å². The lowest BCUT2D eigenvalue weighted by molar-refractivity contribution is -0.119. The Hall–Kier alpha value is -2.35. The second kappa shape index (κ2) is 7.28. The number of nitrogens with zero attached hydrogens (tertiary/aromatic N) is 1. The molecule has 0 fully saturated rings. The van der Waals surface area contributed by atoms with Gasteiger partial charge in [0.1, 0.15) is 11.5 Å². The number of fused-ring (bicyclic) bond motifs is 1. The number of carbonyl (C=O) groups excluding carboxylic acids is 1. The Labute approximate surface area is 133 Å². The van der Waals surface area contributed by atoms with Crippen LogP contribution in [0.25, 0.3) is 0 Å². The highest BCUT2D eigenvalue weighted by atomic mass is 16.5. The molecule has 122 valence electrons. The van der Waals surface area contributed by atoms with E-state index in [1.807, 2.05) is 0 Å². The minimum atomic E-state index is -1.22. The van der Waals surface area contributed by atoms with Crippen LogP contribution < -0.4 is 4.65 Å². The van der Waals surface area contributed by atoms with E-state index >= 15 is 0 Å². The highest BCUT2D eigenvalue weighted by molar-refractivity contribution is 6.47. The lowest BCUT2D eigenvalue weighted by Gasteiger charge is -2.28. The van der Waals surface area contributed by atoms with Crippen molar-refractivity contribution in [1.82, 2.24) is 0 Å². The first kappa shape index (κ1) is 17.0. The van der Waals surface area contributed by atoms with Crippen LogP contribution in [0.5, 0.6) is 5.75 Å². The summed E-state index contributed by atoms with van der Waals surface area (Å²) in [6.07, 6.45) is 1.08. The standard InChI is InChI=1S/C15H18BNO6/c1-9(17-22)5-6-12(18)8-11-7-10-3-2-4-13(15(19)20)14(10)23-16(11)21/h2-4,11,21-22H,5-8H2,1H3,(H,19,20)/t11-/m1/s1. The van der Waals surface area contributed by atoms with Crippen LogP contribution >= 0.6 is 0 Å². The number of hydrogen-bond donors (Lipinski definition) is 3. The Morgan fingerprint density at radius 1 is 1.39 bits per heavy atom. The number of aromatic carboxylic acids is 1. The van der Waals surface area contributed by atoms with Crippen LogP contribution in [0.2, 0.25) is 5.82 Å². The molecule has 0 bridgehead atoms. The fourth-order valence-corrected chi connectivity index (χ4v) is 2.59. The van der Waals surface area contributed by atoms with Gasteiger partial charge in [-0.3, -0.25) is 4.79 Å². The molecule has 0 radical (unpaired) electrons. The number of carboxylic acid groups (broad SMARTS) is 1. The Morgan fingerprint density at radius 3 is 2.78 bits per heavy atom. The first-order valence-corrected chi connectivity index (χ1v) is 7.31. The Kier molecular flexibility index (Phi) is 5.38. The normalized spacial score (nSPS) is 17.4. The van der Waals surface area contributed by atoms with Crippen molar-refractivity contribution in [3.8, 4) is 5.75 Å². The number of oxime groups is 1. The van der Waals surface area contributed by atoms with Gasteiger partial charge in [0.15, 0.2) is 0 Å². The van der Waals surface area contributed by atoms with Crippen molar-refractivity contribution in [3.63, 3.8) is 0 Å². The second-order valence-corrected chi connectivity index (χ2v) is 5.65. The van der Waals surface area contributed by atoms with E-state index in [9.17, 15) is 14.6 Å². The predicted octanol–water partition coefficient (Wildman–Crippen LogP) is 1.76. The van der Waals surface area contributed by atoms with E-state index in [1.165, 1.54) is 6.07 Å². The number of carbonyl (C=O) groups is 2. The number of Topliss-reactive ketones (excluding diaryl/α,β-unsaturated/α-hetero) is 1. The zero-order valence-corrected chi connectivity index (χ0v) is 12.7. The quantitative estimate of drug-likeness (QED) is 0.318. The molecular weight excluding hydrogens is 301 g/mol. The summed E-state index contributed by atoms with van der Waals surface area (Å²) < 4.78 is 5.34. The van der Waals surface area contributed by atoms with Crippen molar-refractivity contribution in [2.24, 2.45) is 5.16 Å². The number of rotatable bonds is 6. The SMILES string of the molecule is CC(CCC(=O)C[C@H]1Cc2cccc(C(=O)O)c2OB1O)=NO. The Balaban J connectivity index is 2.06. The molecule has 0 unspecified atom stereocenters. The number of ketones is 1. The highest BCUT2D eigenvalue weighted by Gasteiger charge is 2.37. The van der Waals surface area contributed by atoms with Crippen LogP contribution in [-0.4, -0.2) is 39.9 Å². The lowest BCUT2D eigenvalue weighted by Crippen LogP contribution is -2.35. The molecule has 0 spiro atoms. The third-order valence-electron chi connectivity index (χ3n) is 3.88. The summed E-state index contributed by atoms with van der Waals surface area (Å²) in [5, 5.41) is 30.8. The van der Waals surface area contributed by atoms with Gasteiger partial charge in [-0.2, -0.15) is 0 Å². The molecule has 1 aliphatic heterocycles. The van der Waals surface area contributed by atoms with E-state index < -0.39 is 18.9 Å². The largest absolute Gasteiger partial charge is 0.535 e. The van der Waals surface area contributed by atoms with Crippen molar-refractivity contribution < 1.29 is 29.6 Å². The van der Waals surface area contributed by atoms with Crippen molar-refractivity contribution in [1.29, 1.82) is 0 Å². The average molecular weight is 319 g/mol. The van der Waals surface area contributed by atoms with Gasteiger partial charge in [-0.25, -0.2) is 4.79 Å². The molecule has 0 saturated heterocycles. The molecule has 1 atom stereocenters. The number of para-hydroxylation sites is 1. The van der Waals surface area contributed by atoms with Gasteiger partial charge in [0, 0.05) is 18.7 Å². The maximum absolute atomic E-state index is 12.0. The fourth-order valence-electron chi connectivity index (χ4n) is 2.59. The molecule has 7 nitrogen and oxygen atoms in total. The zero-order valence-electron chi connectivity index (χ0n) is 12.7. The van der Waals surface area contributed by atoms with Crippen LogP contribution in [0.3, 0.4) is 0 Å². The predicted molar refractivity (Wildman–Crippen MR) is 83.2 cm³/mol. The summed E-state index contributed by atoms with van der Waals surface area (Å²) in [7, 11) is -1.22. The van der Waals surface area contributed by atoms with Gasteiger partial charge in [-0.15, -0.1) is 0 Å². The second-order valence-electron chi connectivity index (χ2n) is 5.65. The van der Waals surface area contributed by atoms with E-state index in [4.69, 9.17) is 15.0 Å². The number of hydrogen-bond acceptors (Lipinski definition) is 6. The van der Waals surface area contributed by atoms with E-state index in [-0.39, 0.29) is 29.9 Å². The molecule has 3 N–H and O–H groups in total. The van der Waals surface area contributed by atoms with E-state index in [0.29, 0.717) is 24.1 Å². The van der Waals surface area contributed by atoms with Crippen molar-refractivity contribution in [2.75, 3.05) is 0 Å². The van der Waals surface area contributed by atoms with Gasteiger partial charge in [-0.1, -0.05) is 17.3 Å². The van der Waals surface area contributed by atoms with E-state index in [0.717, 1.165) is 0 Å². The molecule has 0 aromatic heterocycles. The summed E-state index contributed by atoms with van der Waals surface area (Å²) in [5.74, 6) is -1.45. The molecule has 2 rings (SSSR count). The molecule has 1 heterocycles. The number of carboxylic acids is 1. The van der Waals surface area contributed by atoms with Crippen LogP contribution in [0.4, 0.5) is 0 Å². The van der Waals surface area contributed by atoms with Crippen molar-refractivity contribution in [3.05, 3.63) is 29.3 Å². The summed E-state index contributed by atoms with van der Waals surface area (Å²) in [4.78, 5) is 23.1. The Bertz CT molecular complexity index is 645. The summed E-state index contributed by atoms with van der Waals surface area (Å²) in [5.41, 5.74) is 1.14. The topological polar surface area (TPSA) is 116 Å². The van der Waals surface area contributed by atoms with Crippen LogP contribution in [0, 0.1) is 0 Å². The fraction of sp³-hybridized carbons (Fsp3) is 0.400. The number of benzene rings is 1. The van der Waals surface area contributed by atoms with E-state index in [2.05, 4.69) is 5.16 Å². The molecule has 23 heavy (non-hydrogen) atoms. The average Bonchev–Trinajstić information content (AvgIpc) is 2.52. The molecule has 1 aromatic carbocycles. The molecule has 0 saturated carbocycles. The molecule has 1 aliphatic rings. The van der Waals surface area contributed by atoms with Gasteiger partial charge < -0.3 is 20.0 Å². The van der Waals surface area contributed by atoms with Gasteiger partial charge in [0.05, 0.1) is 11.3 Å². The maximum Gasteiger partial charge on any atom is 0.526 e. The minimum Gasteiger partial charge on any atom is -0.535 e. The summed E-state index contributed by atoms with van der Waals surface area (Å²) >= 11 is 0. The van der Waals surface area contributed by atoms with Gasteiger partial charge in [-0.05, 0) is 31.4 Å². The van der Waals surface area contributed by atoms with Gasteiger partial charge in [0.25, 0.3) is 0 Å². The highest BCUT2D eigenvalue weighted by Crippen LogP contribution is 2.36. The van der Waals surface area contributed by atoms with Gasteiger partial charge in [0.2, 0.25) is 0 Å². The molecule has 1 aromatic rings. The minimum absolute atomic E-state index is 0.00103. The van der Waals surface area contributed by atoms with Crippen molar-refractivity contribution >= 4 is 24.6 Å². The Morgan fingerprint density at radius 2 is 2.13 bits per heavy atom. The lowest BCUT2D eigenvalue weighted by atomic mass is 9.64. The van der Waals surface area contributed by atoms with E-state index in [1.54, 1.807) is 19.1 Å².